The summed E-state index contributed by atoms with van der Waals surface area (Å²) in [5.41, 5.74) is -0.418. The van der Waals surface area contributed by atoms with Gasteiger partial charge in [-0.1, -0.05) is 0 Å². The van der Waals surface area contributed by atoms with Crippen molar-refractivity contribution < 1.29 is 9.53 Å². The van der Waals surface area contributed by atoms with Crippen LogP contribution in [-0.2, 0) is 4.74 Å². The summed E-state index contributed by atoms with van der Waals surface area (Å²) in [5, 5.41) is 6.51. The first-order chi connectivity index (χ1) is 9.92. The largest absolute Gasteiger partial charge is 0.444 e. The second-order valence-electron chi connectivity index (χ2n) is 6.92. The van der Waals surface area contributed by atoms with Gasteiger partial charge in [-0.05, 0) is 33.6 Å². The van der Waals surface area contributed by atoms with Gasteiger partial charge in [-0.3, -0.25) is 0 Å². The van der Waals surface area contributed by atoms with Crippen LogP contribution in [0, 0.1) is 0 Å². The Kier molecular flexibility index (Phi) is 6.20. The maximum absolute atomic E-state index is 11.6. The smallest absolute Gasteiger partial charge is 0.407 e. The van der Waals surface area contributed by atoms with Crippen LogP contribution in [0.1, 0.15) is 33.6 Å². The van der Waals surface area contributed by atoms with Gasteiger partial charge in [0.25, 0.3) is 0 Å². The second-order valence-corrected chi connectivity index (χ2v) is 8.14. The summed E-state index contributed by atoms with van der Waals surface area (Å²) in [6.45, 7) is 10.3. The van der Waals surface area contributed by atoms with E-state index in [1.165, 1.54) is 24.6 Å². The summed E-state index contributed by atoms with van der Waals surface area (Å²) in [6.07, 6.45) is 1.72. The van der Waals surface area contributed by atoms with Gasteiger partial charge in [-0.2, -0.15) is 11.8 Å². The van der Waals surface area contributed by atoms with Crippen LogP contribution in [0.2, 0.25) is 0 Å². The molecule has 5 nitrogen and oxygen atoms in total. The molecule has 21 heavy (non-hydrogen) atoms. The van der Waals surface area contributed by atoms with Gasteiger partial charge < -0.3 is 20.3 Å². The Labute approximate surface area is 132 Å². The fraction of sp³-hybridized carbons (Fsp3) is 0.933. The van der Waals surface area contributed by atoms with Gasteiger partial charge >= 0.3 is 6.09 Å². The first-order valence-corrected chi connectivity index (χ1v) is 9.11. The number of nitrogens with one attached hydrogen (secondary N) is 2. The molecule has 122 valence electrons. The van der Waals surface area contributed by atoms with Crippen LogP contribution in [0.15, 0.2) is 0 Å². The lowest BCUT2D eigenvalue weighted by atomic mass is 9.87. The molecule has 0 bridgehead atoms. The molecule has 2 aliphatic rings. The SMILES string of the molecule is CC(C)(C)OC(=O)NC1CC(NCCN2CCSCC2)C1. The molecular formula is C15H29N3O2S. The molecule has 1 heterocycles. The zero-order valence-corrected chi connectivity index (χ0v) is 14.3. The third-order valence-electron chi connectivity index (χ3n) is 3.82. The Bertz CT molecular complexity index is 334. The molecule has 1 amide bonds. The number of hydrogen-bond donors (Lipinski definition) is 2. The van der Waals surface area contributed by atoms with E-state index < -0.39 is 5.60 Å². The molecule has 6 heteroatoms. The number of alkyl carbamates (subject to hydrolysis) is 1. The minimum atomic E-state index is -0.418. The zero-order valence-electron chi connectivity index (χ0n) is 13.5. The molecule has 0 aromatic carbocycles. The Balaban J connectivity index is 1.50. The van der Waals surface area contributed by atoms with Crippen molar-refractivity contribution >= 4 is 17.9 Å². The van der Waals surface area contributed by atoms with Crippen molar-refractivity contribution in [2.75, 3.05) is 37.7 Å². The van der Waals surface area contributed by atoms with Crippen LogP contribution in [0.3, 0.4) is 0 Å². The third-order valence-corrected chi connectivity index (χ3v) is 4.77. The van der Waals surface area contributed by atoms with Crippen LogP contribution in [-0.4, -0.2) is 66.4 Å². The molecule has 1 saturated carbocycles. The second kappa shape index (κ2) is 7.70. The third kappa shape index (κ3) is 6.45. The maximum atomic E-state index is 11.6. The van der Waals surface area contributed by atoms with Gasteiger partial charge in [0, 0.05) is 49.8 Å². The highest BCUT2D eigenvalue weighted by molar-refractivity contribution is 7.99. The number of carbonyl (C=O) groups excluding carboxylic acids is 1. The van der Waals surface area contributed by atoms with E-state index in [2.05, 4.69) is 15.5 Å². The van der Waals surface area contributed by atoms with E-state index >= 15 is 0 Å². The molecule has 1 aliphatic carbocycles. The van der Waals surface area contributed by atoms with Crippen molar-refractivity contribution in [2.45, 2.75) is 51.3 Å². The Morgan fingerprint density at radius 3 is 2.52 bits per heavy atom. The lowest BCUT2D eigenvalue weighted by molar-refractivity contribution is 0.0465. The van der Waals surface area contributed by atoms with Crippen LogP contribution in [0.4, 0.5) is 4.79 Å². The number of ether oxygens (including phenoxy) is 1. The van der Waals surface area contributed by atoms with Gasteiger partial charge in [0.2, 0.25) is 0 Å². The number of rotatable bonds is 5. The number of carbonyl (C=O) groups is 1. The molecular weight excluding hydrogens is 286 g/mol. The van der Waals surface area contributed by atoms with Gasteiger partial charge in [0.15, 0.2) is 0 Å². The van der Waals surface area contributed by atoms with Crippen molar-refractivity contribution in [3.8, 4) is 0 Å². The highest BCUT2D eigenvalue weighted by Crippen LogP contribution is 2.20. The van der Waals surface area contributed by atoms with E-state index in [4.69, 9.17) is 4.74 Å². The predicted molar refractivity (Wildman–Crippen MR) is 87.9 cm³/mol. The molecule has 2 rings (SSSR count). The molecule has 0 aromatic heterocycles. The molecule has 2 N–H and O–H groups in total. The van der Waals surface area contributed by atoms with Gasteiger partial charge in [0.05, 0.1) is 0 Å². The monoisotopic (exact) mass is 315 g/mol. The van der Waals surface area contributed by atoms with Gasteiger partial charge in [-0.15, -0.1) is 0 Å². The van der Waals surface area contributed by atoms with Crippen LogP contribution < -0.4 is 10.6 Å². The summed E-state index contributed by atoms with van der Waals surface area (Å²) in [7, 11) is 0. The minimum Gasteiger partial charge on any atom is -0.444 e. The average molecular weight is 315 g/mol. The Morgan fingerprint density at radius 1 is 1.24 bits per heavy atom. The van der Waals surface area contributed by atoms with Gasteiger partial charge in [0.1, 0.15) is 5.60 Å². The van der Waals surface area contributed by atoms with Crippen molar-refractivity contribution in [1.29, 1.82) is 0 Å². The Hall–Kier alpha value is -0.460. The molecule has 1 saturated heterocycles. The van der Waals surface area contributed by atoms with E-state index in [0.29, 0.717) is 6.04 Å². The first kappa shape index (κ1) is 16.9. The fourth-order valence-electron chi connectivity index (χ4n) is 2.63. The lowest BCUT2D eigenvalue weighted by Crippen LogP contribution is -2.54. The summed E-state index contributed by atoms with van der Waals surface area (Å²) < 4.78 is 5.26. The summed E-state index contributed by atoms with van der Waals surface area (Å²) in [4.78, 5) is 14.2. The molecule has 1 aliphatic heterocycles. The van der Waals surface area contributed by atoms with E-state index in [9.17, 15) is 4.79 Å². The molecule has 2 fully saturated rings. The van der Waals surface area contributed by atoms with Crippen LogP contribution in [0.25, 0.3) is 0 Å². The number of thioether (sulfide) groups is 1. The zero-order chi connectivity index (χ0) is 15.3. The number of nitrogens with zero attached hydrogens (tertiary/aromatic N) is 1. The summed E-state index contributed by atoms with van der Waals surface area (Å²) in [5.74, 6) is 2.54. The normalized spacial score (nSPS) is 27.0. The lowest BCUT2D eigenvalue weighted by Gasteiger charge is -2.37. The average Bonchev–Trinajstić information content (AvgIpc) is 2.34. The molecule has 0 atom stereocenters. The predicted octanol–water partition coefficient (Wildman–Crippen LogP) is 1.68. The standard InChI is InChI=1S/C15H29N3O2S/c1-15(2,3)20-14(19)17-13-10-12(11-13)16-4-5-18-6-8-21-9-7-18/h12-13,16H,4-11H2,1-3H3,(H,17,19). The molecule has 0 aromatic rings. The summed E-state index contributed by atoms with van der Waals surface area (Å²) >= 11 is 2.05. The van der Waals surface area contributed by atoms with Crippen molar-refractivity contribution in [3.05, 3.63) is 0 Å². The van der Waals surface area contributed by atoms with Crippen LogP contribution >= 0.6 is 11.8 Å². The maximum Gasteiger partial charge on any atom is 0.407 e. The summed E-state index contributed by atoms with van der Waals surface area (Å²) in [6, 6.07) is 0.813. The van der Waals surface area contributed by atoms with Crippen LogP contribution in [0.5, 0.6) is 0 Å². The van der Waals surface area contributed by atoms with Crippen molar-refractivity contribution in [3.63, 3.8) is 0 Å². The van der Waals surface area contributed by atoms with E-state index in [-0.39, 0.29) is 12.1 Å². The Morgan fingerprint density at radius 2 is 1.90 bits per heavy atom. The van der Waals surface area contributed by atoms with E-state index in [1.807, 2.05) is 32.5 Å². The first-order valence-electron chi connectivity index (χ1n) is 7.95. The van der Waals surface area contributed by atoms with Gasteiger partial charge in [-0.25, -0.2) is 4.79 Å². The highest BCUT2D eigenvalue weighted by atomic mass is 32.2. The molecule has 0 radical (unpaired) electrons. The quantitative estimate of drug-likeness (QED) is 0.808. The van der Waals surface area contributed by atoms with Crippen molar-refractivity contribution in [1.82, 2.24) is 15.5 Å². The van der Waals surface area contributed by atoms with E-state index in [0.717, 1.165) is 25.9 Å². The van der Waals surface area contributed by atoms with Crippen molar-refractivity contribution in [2.24, 2.45) is 0 Å². The number of hydrogen-bond acceptors (Lipinski definition) is 5. The van der Waals surface area contributed by atoms with E-state index in [1.54, 1.807) is 0 Å². The molecule has 0 unspecified atom stereocenters. The minimum absolute atomic E-state index is 0.267. The number of amides is 1. The fourth-order valence-corrected chi connectivity index (χ4v) is 3.61. The molecule has 0 spiro atoms. The highest BCUT2D eigenvalue weighted by Gasteiger charge is 2.31. The topological polar surface area (TPSA) is 53.6 Å².